The maximum Gasteiger partial charge on any atom is 0.338 e. The Morgan fingerprint density at radius 3 is 2.33 bits per heavy atom. The fourth-order valence-electron chi connectivity index (χ4n) is 1.34. The molecule has 0 aliphatic carbocycles. The maximum absolute atomic E-state index is 11.7. The number of carbonyl (C=O) groups excluding carboxylic acids is 1. The molecule has 0 aliphatic heterocycles. The molecule has 4 heteroatoms. The number of nitrogens with one attached hydrogen (secondary N) is 1. The van der Waals surface area contributed by atoms with Crippen molar-refractivity contribution in [2.24, 2.45) is 0 Å². The van der Waals surface area contributed by atoms with Crippen molar-refractivity contribution in [2.75, 3.05) is 20.2 Å². The molecule has 1 aromatic carbocycles. The first-order chi connectivity index (χ1) is 8.30. The minimum Gasteiger partial charge on any atom is -0.456 e. The molecule has 1 aromatic rings. The fourth-order valence-corrected chi connectivity index (χ4v) is 1.61. The van der Waals surface area contributed by atoms with Crippen LogP contribution in [0.3, 0.4) is 0 Å². The second-order valence-electron chi connectivity index (χ2n) is 5.42. The van der Waals surface area contributed by atoms with E-state index in [9.17, 15) is 4.79 Å². The van der Waals surface area contributed by atoms with E-state index in [1.807, 2.05) is 12.1 Å². The summed E-state index contributed by atoms with van der Waals surface area (Å²) in [5, 5.41) is 0. The molecule has 0 amide bonds. The normalized spacial score (nSPS) is 13.2. The van der Waals surface area contributed by atoms with Gasteiger partial charge in [0.2, 0.25) is 0 Å². The number of hydrogen-bond acceptors (Lipinski definition) is 2. The summed E-state index contributed by atoms with van der Waals surface area (Å²) in [5.74, 6) is -0.260. The lowest BCUT2D eigenvalue weighted by Gasteiger charge is -2.28. The summed E-state index contributed by atoms with van der Waals surface area (Å²) in [6.45, 7) is 7.75. The lowest BCUT2D eigenvalue weighted by Crippen LogP contribution is -3.16. The topological polar surface area (TPSA) is 30.7 Å². The lowest BCUT2D eigenvalue weighted by atomic mass is 10.1. The molecule has 0 aromatic heterocycles. The standard InChI is InChI=1S/C14H20BrNO2/c1-14(2,3)16(4)9-10-18-13(17)11-5-7-12(15)8-6-11/h5-8H,9-10H2,1-4H3/p+1. The number of likely N-dealkylation sites (N-methyl/N-ethyl adjacent to an activating group) is 1. The lowest BCUT2D eigenvalue weighted by molar-refractivity contribution is -0.927. The van der Waals surface area contributed by atoms with E-state index in [4.69, 9.17) is 4.74 Å². The van der Waals surface area contributed by atoms with Gasteiger partial charge >= 0.3 is 5.97 Å². The van der Waals surface area contributed by atoms with Crippen molar-refractivity contribution in [1.29, 1.82) is 0 Å². The predicted octanol–water partition coefficient (Wildman–Crippen LogP) is 1.92. The molecule has 1 N–H and O–H groups in total. The highest BCUT2D eigenvalue weighted by Crippen LogP contribution is 2.11. The molecule has 1 atom stereocenters. The molecule has 100 valence electrons. The Hall–Kier alpha value is -0.870. The van der Waals surface area contributed by atoms with Crippen LogP contribution in [0, 0.1) is 0 Å². The van der Waals surface area contributed by atoms with E-state index < -0.39 is 0 Å². The van der Waals surface area contributed by atoms with Gasteiger partial charge in [-0.15, -0.1) is 0 Å². The zero-order chi connectivity index (χ0) is 13.8. The zero-order valence-corrected chi connectivity index (χ0v) is 13.0. The number of halogens is 1. The van der Waals surface area contributed by atoms with Crippen molar-refractivity contribution in [1.82, 2.24) is 0 Å². The Bertz CT molecular complexity index is 395. The number of carbonyl (C=O) groups is 1. The molecule has 0 radical (unpaired) electrons. The van der Waals surface area contributed by atoms with Gasteiger partial charge in [-0.05, 0) is 45.0 Å². The van der Waals surface area contributed by atoms with E-state index in [2.05, 4.69) is 43.7 Å². The van der Waals surface area contributed by atoms with Crippen LogP contribution >= 0.6 is 15.9 Å². The Morgan fingerprint density at radius 1 is 1.28 bits per heavy atom. The molecule has 0 heterocycles. The minimum atomic E-state index is -0.260. The highest BCUT2D eigenvalue weighted by molar-refractivity contribution is 9.10. The van der Waals surface area contributed by atoms with Crippen LogP contribution in [-0.2, 0) is 4.74 Å². The van der Waals surface area contributed by atoms with Crippen molar-refractivity contribution in [3.63, 3.8) is 0 Å². The van der Waals surface area contributed by atoms with Crippen molar-refractivity contribution in [2.45, 2.75) is 26.3 Å². The summed E-state index contributed by atoms with van der Waals surface area (Å²) in [6.07, 6.45) is 0. The summed E-state index contributed by atoms with van der Waals surface area (Å²) in [5.41, 5.74) is 0.760. The summed E-state index contributed by atoms with van der Waals surface area (Å²) < 4.78 is 6.21. The van der Waals surface area contributed by atoms with Crippen molar-refractivity contribution >= 4 is 21.9 Å². The number of benzene rings is 1. The highest BCUT2D eigenvalue weighted by Gasteiger charge is 2.20. The van der Waals surface area contributed by atoms with Gasteiger partial charge in [0, 0.05) is 4.47 Å². The maximum atomic E-state index is 11.7. The monoisotopic (exact) mass is 314 g/mol. The van der Waals surface area contributed by atoms with Crippen molar-refractivity contribution < 1.29 is 14.4 Å². The third kappa shape index (κ3) is 4.78. The summed E-state index contributed by atoms with van der Waals surface area (Å²) in [4.78, 5) is 13.1. The molecule has 0 spiro atoms. The first-order valence-corrected chi connectivity index (χ1v) is 6.85. The molecular formula is C14H21BrNO2+. The third-order valence-corrected chi connectivity index (χ3v) is 3.60. The Morgan fingerprint density at radius 2 is 1.83 bits per heavy atom. The molecule has 0 fully saturated rings. The summed E-state index contributed by atoms with van der Waals surface area (Å²) >= 11 is 3.33. The highest BCUT2D eigenvalue weighted by atomic mass is 79.9. The average molecular weight is 315 g/mol. The fraction of sp³-hybridized carbons (Fsp3) is 0.500. The van der Waals surface area contributed by atoms with Gasteiger partial charge in [-0.1, -0.05) is 15.9 Å². The van der Waals surface area contributed by atoms with Crippen LogP contribution in [0.1, 0.15) is 31.1 Å². The van der Waals surface area contributed by atoms with E-state index in [1.54, 1.807) is 12.1 Å². The molecule has 1 unspecified atom stereocenters. The summed E-state index contributed by atoms with van der Waals surface area (Å²) in [7, 11) is 2.10. The molecule has 18 heavy (non-hydrogen) atoms. The van der Waals surface area contributed by atoms with Gasteiger partial charge in [-0.3, -0.25) is 0 Å². The number of ether oxygens (including phenoxy) is 1. The zero-order valence-electron chi connectivity index (χ0n) is 11.4. The van der Waals surface area contributed by atoms with Crippen LogP contribution in [0.5, 0.6) is 0 Å². The molecule has 0 saturated heterocycles. The van der Waals surface area contributed by atoms with Gasteiger partial charge in [0.1, 0.15) is 13.2 Å². The molecule has 0 aliphatic rings. The third-order valence-electron chi connectivity index (χ3n) is 3.07. The van der Waals surface area contributed by atoms with Crippen LogP contribution in [0.2, 0.25) is 0 Å². The van der Waals surface area contributed by atoms with Crippen LogP contribution in [0.4, 0.5) is 0 Å². The second-order valence-corrected chi connectivity index (χ2v) is 6.34. The molecule has 0 saturated carbocycles. The van der Waals surface area contributed by atoms with E-state index >= 15 is 0 Å². The van der Waals surface area contributed by atoms with E-state index in [0.29, 0.717) is 12.2 Å². The Balaban J connectivity index is 2.40. The van der Waals surface area contributed by atoms with Gasteiger partial charge in [0.25, 0.3) is 0 Å². The van der Waals surface area contributed by atoms with Gasteiger partial charge < -0.3 is 9.64 Å². The van der Waals surface area contributed by atoms with Gasteiger partial charge in [-0.2, -0.15) is 0 Å². The van der Waals surface area contributed by atoms with Gasteiger partial charge in [0.05, 0.1) is 18.2 Å². The largest absolute Gasteiger partial charge is 0.456 e. The number of quaternary nitrogens is 1. The average Bonchev–Trinajstić information content (AvgIpc) is 2.28. The van der Waals surface area contributed by atoms with Crippen LogP contribution in [0.15, 0.2) is 28.7 Å². The predicted molar refractivity (Wildman–Crippen MR) is 75.9 cm³/mol. The molecule has 0 bridgehead atoms. The molecule has 1 rings (SSSR count). The van der Waals surface area contributed by atoms with Gasteiger partial charge in [-0.25, -0.2) is 4.79 Å². The Kier molecular flexibility index (Phi) is 5.35. The Labute approximate surface area is 117 Å². The summed E-state index contributed by atoms with van der Waals surface area (Å²) in [6, 6.07) is 7.19. The number of esters is 1. The van der Waals surface area contributed by atoms with Crippen molar-refractivity contribution in [3.8, 4) is 0 Å². The van der Waals surface area contributed by atoms with E-state index in [1.165, 1.54) is 4.90 Å². The van der Waals surface area contributed by atoms with Crippen LogP contribution < -0.4 is 4.90 Å². The minimum absolute atomic E-state index is 0.171. The SMILES string of the molecule is C[NH+](CCOC(=O)c1ccc(Br)cc1)C(C)(C)C. The molecule has 3 nitrogen and oxygen atoms in total. The first kappa shape index (κ1) is 15.2. The molecular weight excluding hydrogens is 294 g/mol. The van der Waals surface area contributed by atoms with Crippen molar-refractivity contribution in [3.05, 3.63) is 34.3 Å². The van der Waals surface area contributed by atoms with Crippen LogP contribution in [-0.4, -0.2) is 31.7 Å². The number of rotatable bonds is 4. The van der Waals surface area contributed by atoms with Gasteiger partial charge in [0.15, 0.2) is 0 Å². The quantitative estimate of drug-likeness (QED) is 0.861. The number of hydrogen-bond donors (Lipinski definition) is 1. The van der Waals surface area contributed by atoms with E-state index in [0.717, 1.165) is 11.0 Å². The van der Waals surface area contributed by atoms with Crippen LogP contribution in [0.25, 0.3) is 0 Å². The van der Waals surface area contributed by atoms with E-state index in [-0.39, 0.29) is 11.5 Å². The first-order valence-electron chi connectivity index (χ1n) is 6.06. The second kappa shape index (κ2) is 6.34. The smallest absolute Gasteiger partial charge is 0.338 e.